The fraction of sp³-hybridized carbons (Fsp3) is 0.185. The van der Waals surface area contributed by atoms with Gasteiger partial charge in [-0.25, -0.2) is 0 Å². The van der Waals surface area contributed by atoms with Crippen LogP contribution in [0.15, 0.2) is 183 Å². The summed E-state index contributed by atoms with van der Waals surface area (Å²) in [6.07, 6.45) is 8.61. The molecule has 0 N–H and O–H groups in total. The number of fused-ring (bicyclic) bond motifs is 12. The smallest absolute Gasteiger partial charge is 0.194 e. The number of rotatable bonds is 0. The van der Waals surface area contributed by atoms with Crippen LogP contribution >= 0.6 is 0 Å². The van der Waals surface area contributed by atoms with Gasteiger partial charge in [-0.3, -0.25) is 0 Å². The van der Waals surface area contributed by atoms with Crippen molar-refractivity contribution in [2.75, 3.05) is 0 Å². The van der Waals surface area contributed by atoms with Gasteiger partial charge in [0.25, 0.3) is 0 Å². The third-order valence-electron chi connectivity index (χ3n) is 12.3. The van der Waals surface area contributed by atoms with Crippen molar-refractivity contribution in [1.82, 2.24) is 0 Å². The van der Waals surface area contributed by atoms with Crippen molar-refractivity contribution in [1.29, 1.82) is 0 Å². The van der Waals surface area contributed by atoms with E-state index in [1.54, 1.807) is 0 Å². The monoisotopic (exact) mass is 756 g/mol. The van der Waals surface area contributed by atoms with Crippen molar-refractivity contribution in [2.45, 2.75) is 65.7 Å². The molecule has 4 aliphatic rings. The summed E-state index contributed by atoms with van der Waals surface area (Å²) in [5.41, 5.74) is 19.3. The van der Waals surface area contributed by atoms with Crippen LogP contribution in [-0.4, -0.2) is 0 Å². The Labute approximate surface area is 343 Å². The molecule has 8 heterocycles. The van der Waals surface area contributed by atoms with Gasteiger partial charge >= 0.3 is 0 Å². The molecule has 0 saturated heterocycles. The van der Waals surface area contributed by atoms with Crippen LogP contribution in [0.3, 0.4) is 0 Å². The van der Waals surface area contributed by atoms with Crippen molar-refractivity contribution < 1.29 is 18.3 Å². The number of aromatic nitrogens is 4. The van der Waals surface area contributed by atoms with E-state index < -0.39 is 0 Å². The molecule has 0 atom stereocenters. The number of pyridine rings is 4. The van der Waals surface area contributed by atoms with Gasteiger partial charge in [0, 0.05) is 98.5 Å². The summed E-state index contributed by atoms with van der Waals surface area (Å²) < 4.78 is 9.28. The first kappa shape index (κ1) is 37.1. The van der Waals surface area contributed by atoms with Gasteiger partial charge in [0.05, 0.1) is 22.3 Å². The zero-order chi connectivity index (χ0) is 40.0. The summed E-state index contributed by atoms with van der Waals surface area (Å²) in [6.45, 7) is 15.4. The van der Waals surface area contributed by atoms with E-state index in [1.165, 1.54) is 78.4 Å². The van der Waals surface area contributed by atoms with Crippen molar-refractivity contribution in [3.8, 4) is 45.0 Å². The number of hydrogen-bond acceptors (Lipinski definition) is 0. The molecule has 0 fully saturated rings. The van der Waals surface area contributed by atoms with E-state index in [-0.39, 0.29) is 11.1 Å². The molecule has 0 saturated carbocycles. The molecule has 0 radical (unpaired) electrons. The highest BCUT2D eigenvalue weighted by molar-refractivity contribution is 5.67. The molecule has 284 valence electrons. The van der Waals surface area contributed by atoms with Gasteiger partial charge in [0.15, 0.2) is 49.0 Å². The first-order chi connectivity index (χ1) is 28.1. The standard InChI is InChI=1S/C15H16N.C14H14N.C13H12N.C12H10N/c1-11-7-8-13-12(10-11)14-6-4-5-9-16(14)15(13,2)3;1-14(2)12-8-4-3-7-11(12)13-9-5-6-10-15(13)14;1-10-5-6-11-9-14-7-3-2-4-13(14)12(11)8-10;1-2-6-11-10(5-1)9-13-8-4-3-7-12(11)13/h4-10H,1-3H3;3-10H,1-2H3;2-8H,9H2,1H3;1-8H,9H2/q4*+1. The average molecular weight is 757 g/mol. The second-order valence-corrected chi connectivity index (χ2v) is 16.9. The lowest BCUT2D eigenvalue weighted by atomic mass is 9.92. The first-order valence-electron chi connectivity index (χ1n) is 20.5. The number of aryl methyl sites for hydroxylation is 2. The highest BCUT2D eigenvalue weighted by atomic mass is 15.1. The molecule has 0 bridgehead atoms. The minimum Gasteiger partial charge on any atom is -0.194 e. The molecule has 4 heteroatoms. The molecule has 8 aromatic rings. The molecule has 4 aromatic carbocycles. The fourth-order valence-corrected chi connectivity index (χ4v) is 9.26. The third kappa shape index (κ3) is 6.53. The molecular formula is C54H52N4+4. The van der Waals surface area contributed by atoms with E-state index in [9.17, 15) is 0 Å². The second kappa shape index (κ2) is 14.8. The van der Waals surface area contributed by atoms with Crippen LogP contribution in [0.4, 0.5) is 0 Å². The molecule has 12 rings (SSSR count). The first-order valence-corrected chi connectivity index (χ1v) is 20.5. The lowest BCUT2D eigenvalue weighted by Crippen LogP contribution is -2.50. The topological polar surface area (TPSA) is 15.5 Å². The van der Waals surface area contributed by atoms with Crippen LogP contribution in [-0.2, 0) is 24.2 Å². The van der Waals surface area contributed by atoms with E-state index in [4.69, 9.17) is 0 Å². The van der Waals surface area contributed by atoms with E-state index in [2.05, 4.69) is 242 Å². The van der Waals surface area contributed by atoms with Gasteiger partial charge in [-0.2, -0.15) is 18.3 Å². The predicted molar refractivity (Wildman–Crippen MR) is 233 cm³/mol. The zero-order valence-electron chi connectivity index (χ0n) is 34.5. The molecular weight excluding hydrogens is 705 g/mol. The van der Waals surface area contributed by atoms with Gasteiger partial charge in [0.2, 0.25) is 22.8 Å². The van der Waals surface area contributed by atoms with Gasteiger partial charge in [-0.05, 0) is 62.4 Å². The molecule has 0 aliphatic carbocycles. The zero-order valence-corrected chi connectivity index (χ0v) is 34.5. The quantitative estimate of drug-likeness (QED) is 0.137. The van der Waals surface area contributed by atoms with Gasteiger partial charge < -0.3 is 0 Å². The Hall–Kier alpha value is -6.52. The molecule has 4 aliphatic heterocycles. The van der Waals surface area contributed by atoms with E-state index >= 15 is 0 Å². The maximum atomic E-state index is 2.36. The molecule has 0 amide bonds. The third-order valence-corrected chi connectivity index (χ3v) is 12.3. The Balaban J connectivity index is 0.000000100. The van der Waals surface area contributed by atoms with Crippen LogP contribution in [0.2, 0.25) is 0 Å². The van der Waals surface area contributed by atoms with Gasteiger partial charge in [-0.1, -0.05) is 71.8 Å². The number of hydrogen-bond donors (Lipinski definition) is 0. The second-order valence-electron chi connectivity index (χ2n) is 16.9. The number of benzene rings is 4. The fourth-order valence-electron chi connectivity index (χ4n) is 9.26. The summed E-state index contributed by atoms with van der Waals surface area (Å²) >= 11 is 0. The van der Waals surface area contributed by atoms with Crippen LogP contribution in [0, 0.1) is 13.8 Å². The summed E-state index contributed by atoms with van der Waals surface area (Å²) in [4.78, 5) is 0. The Bertz CT molecular complexity index is 2740. The SMILES string of the molecule is CC1(C)c2ccccc2-c2cccc[n+]21.Cc1ccc2c(c1)-c1cccc[n+]1C2.Cc1ccc2c(c1)-c1cccc[n+]1C2(C)C.c1ccc2c(c1)C[n+]1ccccc1-2. The van der Waals surface area contributed by atoms with Crippen molar-refractivity contribution >= 4 is 0 Å². The van der Waals surface area contributed by atoms with E-state index in [0.29, 0.717) is 0 Å². The molecule has 0 unspecified atom stereocenters. The summed E-state index contributed by atoms with van der Waals surface area (Å²) in [6, 6.07) is 56.2. The average Bonchev–Trinajstić information content (AvgIpc) is 3.94. The maximum absolute atomic E-state index is 2.36. The van der Waals surface area contributed by atoms with Crippen LogP contribution in [0.5, 0.6) is 0 Å². The summed E-state index contributed by atoms with van der Waals surface area (Å²) in [5.74, 6) is 0. The minimum atomic E-state index is 0.0691. The van der Waals surface area contributed by atoms with Crippen LogP contribution in [0.25, 0.3) is 45.0 Å². The lowest BCUT2D eigenvalue weighted by Gasteiger charge is -2.14. The van der Waals surface area contributed by atoms with Crippen LogP contribution in [0.1, 0.15) is 61.1 Å². The molecule has 0 spiro atoms. The highest BCUT2D eigenvalue weighted by Gasteiger charge is 2.43. The Morgan fingerprint density at radius 1 is 0.362 bits per heavy atom. The van der Waals surface area contributed by atoms with Crippen LogP contribution < -0.4 is 18.3 Å². The molecule has 58 heavy (non-hydrogen) atoms. The summed E-state index contributed by atoms with van der Waals surface area (Å²) in [5, 5.41) is 0. The summed E-state index contributed by atoms with van der Waals surface area (Å²) in [7, 11) is 0. The maximum Gasteiger partial charge on any atom is 0.213 e. The van der Waals surface area contributed by atoms with Crippen molar-refractivity contribution in [3.63, 3.8) is 0 Å². The minimum absolute atomic E-state index is 0.0691. The predicted octanol–water partition coefficient (Wildman–Crippen LogP) is 10.1. The van der Waals surface area contributed by atoms with Gasteiger partial charge in [0.1, 0.15) is 0 Å². The Kier molecular flexibility index (Phi) is 9.44. The van der Waals surface area contributed by atoms with Crippen molar-refractivity contribution in [2.24, 2.45) is 0 Å². The van der Waals surface area contributed by atoms with E-state index in [0.717, 1.165) is 13.1 Å². The number of nitrogens with zero attached hydrogens (tertiary/aromatic N) is 4. The molecule has 4 aromatic heterocycles. The van der Waals surface area contributed by atoms with E-state index in [1.807, 2.05) is 0 Å². The Morgan fingerprint density at radius 2 is 0.793 bits per heavy atom. The lowest BCUT2D eigenvalue weighted by molar-refractivity contribution is -0.731. The molecule has 4 nitrogen and oxygen atoms in total. The van der Waals surface area contributed by atoms with Crippen molar-refractivity contribution in [3.05, 3.63) is 216 Å². The normalized spacial score (nSPS) is 14.2. The highest BCUT2D eigenvalue weighted by Crippen LogP contribution is 2.38. The Morgan fingerprint density at radius 3 is 1.43 bits per heavy atom. The largest absolute Gasteiger partial charge is 0.213 e. The van der Waals surface area contributed by atoms with Gasteiger partial charge in [-0.15, -0.1) is 0 Å².